The number of fused-ring (bicyclic) bond motifs is 1. The second-order valence-electron chi connectivity index (χ2n) is 8.15. The van der Waals surface area contributed by atoms with Crippen LogP contribution >= 0.6 is 38.9 Å². The summed E-state index contributed by atoms with van der Waals surface area (Å²) in [6, 6.07) is 19.5. The molecule has 1 N–H and O–H groups in total. The number of halogens is 3. The number of carbonyl (C=O) groups excluding carboxylic acids is 1. The molecule has 0 fully saturated rings. The molecule has 5 nitrogen and oxygen atoms in total. The van der Waals surface area contributed by atoms with E-state index in [2.05, 4.69) is 26.2 Å². The molecule has 1 atom stereocenters. The summed E-state index contributed by atoms with van der Waals surface area (Å²) < 4.78 is 16.3. The van der Waals surface area contributed by atoms with Crippen molar-refractivity contribution >= 4 is 56.5 Å². The molecule has 2 heterocycles. The molecule has 0 radical (unpaired) electrons. The van der Waals surface area contributed by atoms with E-state index in [1.807, 2.05) is 36.4 Å². The van der Waals surface area contributed by atoms with Crippen LogP contribution in [-0.4, -0.2) is 10.5 Å². The highest BCUT2D eigenvalue weighted by atomic mass is 79.9. The van der Waals surface area contributed by atoms with Crippen molar-refractivity contribution in [1.82, 2.24) is 4.57 Å². The van der Waals surface area contributed by atoms with Crippen LogP contribution in [0.5, 0.6) is 0 Å². The molecule has 1 aliphatic rings. The van der Waals surface area contributed by atoms with Crippen molar-refractivity contribution in [2.75, 3.05) is 5.32 Å². The third-order valence-corrected chi connectivity index (χ3v) is 7.49. The van der Waals surface area contributed by atoms with Crippen LogP contribution in [-0.2, 0) is 4.79 Å². The Balaban J connectivity index is 1.65. The summed E-state index contributed by atoms with van der Waals surface area (Å²) in [6.07, 6.45) is 1.79. The Morgan fingerprint density at radius 1 is 1.08 bits per heavy atom. The molecule has 0 aliphatic carbocycles. The highest BCUT2D eigenvalue weighted by Gasteiger charge is 2.32. The number of thiazole rings is 1. The van der Waals surface area contributed by atoms with Crippen molar-refractivity contribution < 1.29 is 9.18 Å². The average Bonchev–Trinajstić information content (AvgIpc) is 3.16. The van der Waals surface area contributed by atoms with Crippen LogP contribution in [0.25, 0.3) is 6.08 Å². The molecule has 0 bridgehead atoms. The zero-order valence-corrected chi connectivity index (χ0v) is 22.0. The maximum atomic E-state index is 13.7. The van der Waals surface area contributed by atoms with E-state index in [0.29, 0.717) is 31.3 Å². The first kappa shape index (κ1) is 24.4. The number of hydrogen-bond acceptors (Lipinski definition) is 4. The second-order valence-corrected chi connectivity index (χ2v) is 10.5. The Kier molecular flexibility index (Phi) is 6.75. The Labute approximate surface area is 223 Å². The highest BCUT2D eigenvalue weighted by Crippen LogP contribution is 2.31. The minimum atomic E-state index is -0.692. The molecule has 1 amide bonds. The summed E-state index contributed by atoms with van der Waals surface area (Å²) in [5.41, 5.74) is 2.62. The minimum absolute atomic E-state index is 0.249. The van der Waals surface area contributed by atoms with E-state index in [9.17, 15) is 14.0 Å². The van der Waals surface area contributed by atoms with Crippen LogP contribution in [0.2, 0.25) is 5.02 Å². The summed E-state index contributed by atoms with van der Waals surface area (Å²) >= 11 is 10.7. The van der Waals surface area contributed by atoms with Gasteiger partial charge in [0.1, 0.15) is 5.82 Å². The molecule has 4 aromatic rings. The number of carbonyl (C=O) groups is 1. The van der Waals surface area contributed by atoms with Gasteiger partial charge in [-0.05, 0) is 72.7 Å². The van der Waals surface area contributed by atoms with Gasteiger partial charge in [0.25, 0.3) is 11.5 Å². The average molecular weight is 583 g/mol. The predicted octanol–water partition coefficient (Wildman–Crippen LogP) is 5.43. The third-order valence-electron chi connectivity index (χ3n) is 5.72. The number of aromatic nitrogens is 1. The van der Waals surface area contributed by atoms with Gasteiger partial charge in [-0.3, -0.25) is 14.2 Å². The van der Waals surface area contributed by atoms with Crippen LogP contribution in [0.15, 0.2) is 98.3 Å². The lowest BCUT2D eigenvalue weighted by Gasteiger charge is -2.25. The van der Waals surface area contributed by atoms with Gasteiger partial charge in [0.2, 0.25) is 0 Å². The molecule has 1 unspecified atom stereocenters. The van der Waals surface area contributed by atoms with Crippen LogP contribution in [0.1, 0.15) is 24.1 Å². The molecule has 0 spiro atoms. The molecule has 1 aromatic heterocycles. The molecule has 0 saturated carbocycles. The molecular formula is C27H18BrClFN3O2S. The van der Waals surface area contributed by atoms with Gasteiger partial charge in [0.15, 0.2) is 4.80 Å². The van der Waals surface area contributed by atoms with E-state index in [4.69, 9.17) is 11.6 Å². The summed E-state index contributed by atoms with van der Waals surface area (Å²) in [4.78, 5) is 32.3. The minimum Gasteiger partial charge on any atom is -0.322 e. The van der Waals surface area contributed by atoms with Crippen LogP contribution < -0.4 is 20.2 Å². The van der Waals surface area contributed by atoms with Crippen molar-refractivity contribution in [2.45, 2.75) is 13.0 Å². The maximum absolute atomic E-state index is 13.7. The van der Waals surface area contributed by atoms with Crippen molar-refractivity contribution in [3.63, 3.8) is 0 Å². The molecule has 0 saturated heterocycles. The fraction of sp³-hybridized carbons (Fsp3) is 0.0741. The lowest BCUT2D eigenvalue weighted by Crippen LogP contribution is -2.40. The first-order valence-electron chi connectivity index (χ1n) is 10.9. The van der Waals surface area contributed by atoms with Gasteiger partial charge in [0.05, 0.1) is 21.8 Å². The van der Waals surface area contributed by atoms with Crippen molar-refractivity contribution in [1.29, 1.82) is 0 Å². The van der Waals surface area contributed by atoms with Crippen molar-refractivity contribution in [2.24, 2.45) is 4.99 Å². The van der Waals surface area contributed by atoms with Gasteiger partial charge < -0.3 is 5.32 Å². The number of anilines is 1. The number of hydrogen-bond donors (Lipinski definition) is 1. The van der Waals surface area contributed by atoms with Crippen molar-refractivity contribution in [3.05, 3.63) is 130 Å². The van der Waals surface area contributed by atoms with E-state index < -0.39 is 17.8 Å². The largest absolute Gasteiger partial charge is 0.322 e. The smallest absolute Gasteiger partial charge is 0.271 e. The standard InChI is InChI=1S/C27H18BrClFN3O2S/c1-15-23(25(34)32-21-12-10-20(30)11-13-21)24(17-4-6-18(28)7-5-17)33-26(35)22(36-27(33)31-15)14-16-2-8-19(29)9-3-16/h2-14,24H,1H3,(H,32,34)/b22-14+. The Hall–Kier alpha value is -3.33. The lowest BCUT2D eigenvalue weighted by molar-refractivity contribution is -0.113. The first-order chi connectivity index (χ1) is 17.3. The van der Waals surface area contributed by atoms with Crippen molar-refractivity contribution in [3.8, 4) is 0 Å². The van der Waals surface area contributed by atoms with Gasteiger partial charge in [-0.15, -0.1) is 0 Å². The van der Waals surface area contributed by atoms with E-state index in [1.165, 1.54) is 35.6 Å². The van der Waals surface area contributed by atoms with Gasteiger partial charge in [-0.1, -0.05) is 63.1 Å². The number of nitrogens with zero attached hydrogens (tertiary/aromatic N) is 2. The second kappa shape index (κ2) is 9.97. The maximum Gasteiger partial charge on any atom is 0.271 e. The number of allylic oxidation sites excluding steroid dienone is 1. The van der Waals surface area contributed by atoms with E-state index in [1.54, 1.807) is 29.7 Å². The Morgan fingerprint density at radius 2 is 1.75 bits per heavy atom. The number of rotatable bonds is 4. The zero-order valence-electron chi connectivity index (χ0n) is 18.8. The summed E-state index contributed by atoms with van der Waals surface area (Å²) in [7, 11) is 0. The number of benzene rings is 3. The fourth-order valence-electron chi connectivity index (χ4n) is 4.01. The highest BCUT2D eigenvalue weighted by molar-refractivity contribution is 9.10. The van der Waals surface area contributed by atoms with Gasteiger partial charge in [-0.2, -0.15) is 0 Å². The predicted molar refractivity (Wildman–Crippen MR) is 144 cm³/mol. The Morgan fingerprint density at radius 3 is 2.42 bits per heavy atom. The SMILES string of the molecule is CC1=C(C(=O)Nc2ccc(F)cc2)C(c2ccc(Br)cc2)n2c(s/c(=C/c3ccc(Cl)cc3)c2=O)=N1. The number of nitrogens with one attached hydrogen (secondary N) is 1. The van der Waals surface area contributed by atoms with E-state index >= 15 is 0 Å². The molecule has 36 heavy (non-hydrogen) atoms. The molecule has 3 aromatic carbocycles. The summed E-state index contributed by atoms with van der Waals surface area (Å²) in [5, 5.41) is 3.43. The quantitative estimate of drug-likeness (QED) is 0.349. The third kappa shape index (κ3) is 4.84. The van der Waals surface area contributed by atoms with Crippen LogP contribution in [0, 0.1) is 5.82 Å². The van der Waals surface area contributed by atoms with Crippen LogP contribution in [0.4, 0.5) is 10.1 Å². The van der Waals surface area contributed by atoms with E-state index in [0.717, 1.165) is 15.6 Å². The Bertz CT molecular complexity index is 1680. The van der Waals surface area contributed by atoms with Gasteiger partial charge >= 0.3 is 0 Å². The van der Waals surface area contributed by atoms with Gasteiger partial charge in [0, 0.05) is 15.2 Å². The van der Waals surface area contributed by atoms with Gasteiger partial charge in [-0.25, -0.2) is 9.38 Å². The lowest BCUT2D eigenvalue weighted by atomic mass is 9.95. The number of amides is 1. The van der Waals surface area contributed by atoms with E-state index in [-0.39, 0.29) is 5.56 Å². The topological polar surface area (TPSA) is 63.5 Å². The molecule has 1 aliphatic heterocycles. The zero-order chi connectivity index (χ0) is 25.4. The normalized spacial score (nSPS) is 15.4. The molecule has 180 valence electrons. The summed E-state index contributed by atoms with van der Waals surface area (Å²) in [6.45, 7) is 1.75. The molecule has 5 rings (SSSR count). The first-order valence-corrected chi connectivity index (χ1v) is 12.9. The fourth-order valence-corrected chi connectivity index (χ4v) is 5.45. The molecule has 9 heteroatoms. The van der Waals surface area contributed by atoms with Crippen LogP contribution in [0.3, 0.4) is 0 Å². The molecular weight excluding hydrogens is 565 g/mol. The summed E-state index contributed by atoms with van der Waals surface area (Å²) in [5.74, 6) is -0.814. The monoisotopic (exact) mass is 581 g/mol.